The molecule has 3 fully saturated rings. The van der Waals surface area contributed by atoms with Crippen molar-refractivity contribution in [3.8, 4) is 0 Å². The van der Waals surface area contributed by atoms with Crippen LogP contribution in [-0.4, -0.2) is 54.3 Å². The number of aliphatic hydroxyl groups is 1. The van der Waals surface area contributed by atoms with E-state index in [1.54, 1.807) is 0 Å². The lowest BCUT2D eigenvalue weighted by Gasteiger charge is -2.24. The zero-order chi connectivity index (χ0) is 20.1. The lowest BCUT2D eigenvalue weighted by Crippen LogP contribution is -2.33. The molecule has 6 nitrogen and oxygen atoms in total. The highest BCUT2D eigenvalue weighted by Gasteiger charge is 2.43. The predicted octanol–water partition coefficient (Wildman–Crippen LogP) is 3.15. The average Bonchev–Trinajstić information content (AvgIpc) is 3.48. The van der Waals surface area contributed by atoms with Crippen molar-refractivity contribution in [2.24, 2.45) is 0 Å². The SMILES string of the molecule is O=C1CC[C@H]([C@@H]2CC[C@@H]([C@@H]3CC[C@@H]([C@H](O)CCCOCc4ccccc4)O3)O2)O1. The highest BCUT2D eigenvalue weighted by atomic mass is 16.6. The average molecular weight is 405 g/mol. The molecule has 160 valence electrons. The van der Waals surface area contributed by atoms with Crippen LogP contribution in [0.25, 0.3) is 0 Å². The Labute approximate surface area is 172 Å². The zero-order valence-corrected chi connectivity index (χ0v) is 16.9. The maximum atomic E-state index is 11.3. The number of hydrogen-bond donors (Lipinski definition) is 1. The smallest absolute Gasteiger partial charge is 0.306 e. The maximum absolute atomic E-state index is 11.3. The molecule has 6 heteroatoms. The number of benzene rings is 1. The van der Waals surface area contributed by atoms with E-state index in [0.29, 0.717) is 26.1 Å². The van der Waals surface area contributed by atoms with Gasteiger partial charge in [0, 0.05) is 13.0 Å². The van der Waals surface area contributed by atoms with Gasteiger partial charge in [-0.15, -0.1) is 0 Å². The molecule has 1 aromatic rings. The molecule has 0 unspecified atom stereocenters. The first-order valence-electron chi connectivity index (χ1n) is 11.0. The van der Waals surface area contributed by atoms with Crippen LogP contribution in [0.5, 0.6) is 0 Å². The largest absolute Gasteiger partial charge is 0.460 e. The standard InChI is InChI=1S/C23H32O6/c24-17(7-4-14-26-15-16-5-2-1-3-6-16)18-8-9-19(27-18)20-10-11-21(28-20)22-12-13-23(25)29-22/h1-3,5-6,17-22,24H,4,7-15H2/t17-,18+,19+,20+,21+,22-/m1/s1. The lowest BCUT2D eigenvalue weighted by molar-refractivity contribution is -0.149. The number of esters is 1. The fourth-order valence-electron chi connectivity index (χ4n) is 4.64. The lowest BCUT2D eigenvalue weighted by atomic mass is 10.0. The van der Waals surface area contributed by atoms with Crippen LogP contribution >= 0.6 is 0 Å². The zero-order valence-electron chi connectivity index (χ0n) is 16.9. The Morgan fingerprint density at radius 1 is 0.966 bits per heavy atom. The fourth-order valence-corrected chi connectivity index (χ4v) is 4.64. The molecule has 0 saturated carbocycles. The minimum Gasteiger partial charge on any atom is -0.460 e. The Bertz CT molecular complexity index is 650. The van der Waals surface area contributed by atoms with Crippen LogP contribution in [0, 0.1) is 0 Å². The first kappa shape index (κ1) is 20.8. The van der Waals surface area contributed by atoms with E-state index in [-0.39, 0.29) is 36.5 Å². The Kier molecular flexibility index (Phi) is 7.19. The maximum Gasteiger partial charge on any atom is 0.306 e. The van der Waals surface area contributed by atoms with Gasteiger partial charge in [0.25, 0.3) is 0 Å². The van der Waals surface area contributed by atoms with Crippen molar-refractivity contribution < 1.29 is 28.8 Å². The monoisotopic (exact) mass is 404 g/mol. The van der Waals surface area contributed by atoms with E-state index in [2.05, 4.69) is 0 Å². The van der Waals surface area contributed by atoms with Crippen LogP contribution in [0.1, 0.15) is 56.9 Å². The van der Waals surface area contributed by atoms with Crippen LogP contribution in [0.2, 0.25) is 0 Å². The molecule has 6 atom stereocenters. The van der Waals surface area contributed by atoms with Gasteiger partial charge in [-0.2, -0.15) is 0 Å². The second-order valence-electron chi connectivity index (χ2n) is 8.40. The summed E-state index contributed by atoms with van der Waals surface area (Å²) in [6, 6.07) is 10.1. The van der Waals surface area contributed by atoms with Gasteiger partial charge >= 0.3 is 5.97 Å². The number of carbonyl (C=O) groups excluding carboxylic acids is 1. The van der Waals surface area contributed by atoms with Crippen molar-refractivity contribution in [1.82, 2.24) is 0 Å². The van der Waals surface area contributed by atoms with Gasteiger partial charge < -0.3 is 24.1 Å². The highest BCUT2D eigenvalue weighted by Crippen LogP contribution is 2.36. The van der Waals surface area contributed by atoms with Crippen molar-refractivity contribution in [2.45, 2.75) is 94.6 Å². The summed E-state index contributed by atoms with van der Waals surface area (Å²) in [7, 11) is 0. The van der Waals surface area contributed by atoms with Crippen molar-refractivity contribution in [3.05, 3.63) is 35.9 Å². The van der Waals surface area contributed by atoms with Gasteiger partial charge in [0.05, 0.1) is 37.1 Å². The number of hydrogen-bond acceptors (Lipinski definition) is 6. The van der Waals surface area contributed by atoms with E-state index in [1.807, 2.05) is 30.3 Å². The Morgan fingerprint density at radius 2 is 1.69 bits per heavy atom. The van der Waals surface area contributed by atoms with Gasteiger partial charge in [0.15, 0.2) is 0 Å². The Hall–Kier alpha value is -1.47. The van der Waals surface area contributed by atoms with Crippen molar-refractivity contribution >= 4 is 5.97 Å². The second kappa shape index (κ2) is 10.0. The van der Waals surface area contributed by atoms with Gasteiger partial charge in [-0.3, -0.25) is 4.79 Å². The normalized spacial score (nSPS) is 33.1. The summed E-state index contributed by atoms with van der Waals surface area (Å²) >= 11 is 0. The van der Waals surface area contributed by atoms with Crippen LogP contribution in [0.4, 0.5) is 0 Å². The van der Waals surface area contributed by atoms with E-state index in [1.165, 1.54) is 0 Å². The Balaban J connectivity index is 1.12. The van der Waals surface area contributed by atoms with Crippen LogP contribution in [0.3, 0.4) is 0 Å². The first-order chi connectivity index (χ1) is 14.2. The summed E-state index contributed by atoms with van der Waals surface area (Å²) in [5, 5.41) is 10.5. The minimum absolute atomic E-state index is 0.000729. The molecule has 0 aromatic heterocycles. The van der Waals surface area contributed by atoms with E-state index >= 15 is 0 Å². The fraction of sp³-hybridized carbons (Fsp3) is 0.696. The van der Waals surface area contributed by atoms with Crippen LogP contribution < -0.4 is 0 Å². The summed E-state index contributed by atoms with van der Waals surface area (Å²) in [6.45, 7) is 1.24. The first-order valence-corrected chi connectivity index (χ1v) is 11.0. The van der Waals surface area contributed by atoms with E-state index in [0.717, 1.165) is 44.1 Å². The van der Waals surface area contributed by atoms with E-state index < -0.39 is 6.10 Å². The summed E-state index contributed by atoms with van der Waals surface area (Å²) in [5.74, 6) is -0.116. The van der Waals surface area contributed by atoms with Crippen molar-refractivity contribution in [1.29, 1.82) is 0 Å². The number of rotatable bonds is 9. The third-order valence-corrected chi connectivity index (χ3v) is 6.24. The molecule has 3 heterocycles. The number of aliphatic hydroxyl groups excluding tert-OH is 1. The third kappa shape index (κ3) is 5.57. The summed E-state index contributed by atoms with van der Waals surface area (Å²) < 4.78 is 23.3. The second-order valence-corrected chi connectivity index (χ2v) is 8.40. The molecule has 0 amide bonds. The third-order valence-electron chi connectivity index (χ3n) is 6.24. The molecule has 3 aliphatic heterocycles. The number of carbonyl (C=O) groups is 1. The molecule has 3 saturated heterocycles. The minimum atomic E-state index is -0.465. The topological polar surface area (TPSA) is 74.2 Å². The molecule has 0 radical (unpaired) electrons. The molecule has 1 aromatic carbocycles. The van der Waals surface area contributed by atoms with Gasteiger partial charge in [-0.1, -0.05) is 30.3 Å². The quantitative estimate of drug-likeness (QED) is 0.503. The summed E-state index contributed by atoms with van der Waals surface area (Å²) in [4.78, 5) is 11.3. The summed E-state index contributed by atoms with van der Waals surface area (Å²) in [5.41, 5.74) is 1.16. The van der Waals surface area contributed by atoms with Gasteiger partial charge in [-0.05, 0) is 50.5 Å². The molecule has 0 bridgehead atoms. The summed E-state index contributed by atoms with van der Waals surface area (Å²) in [6.07, 6.45) is 5.76. The molecule has 0 spiro atoms. The van der Waals surface area contributed by atoms with Crippen molar-refractivity contribution in [3.63, 3.8) is 0 Å². The number of cyclic esters (lactones) is 1. The molecule has 3 aliphatic rings. The molecule has 0 aliphatic carbocycles. The van der Waals surface area contributed by atoms with E-state index in [4.69, 9.17) is 18.9 Å². The molecule has 1 N–H and O–H groups in total. The molecule has 4 rings (SSSR count). The highest BCUT2D eigenvalue weighted by molar-refractivity contribution is 5.71. The van der Waals surface area contributed by atoms with Gasteiger partial charge in [-0.25, -0.2) is 0 Å². The number of ether oxygens (including phenoxy) is 4. The van der Waals surface area contributed by atoms with Crippen LogP contribution in [0.15, 0.2) is 30.3 Å². The van der Waals surface area contributed by atoms with Gasteiger partial charge in [0.2, 0.25) is 0 Å². The molecular formula is C23H32O6. The van der Waals surface area contributed by atoms with Crippen LogP contribution in [-0.2, 0) is 30.3 Å². The van der Waals surface area contributed by atoms with E-state index in [9.17, 15) is 9.90 Å². The van der Waals surface area contributed by atoms with Gasteiger partial charge in [0.1, 0.15) is 6.10 Å². The predicted molar refractivity (Wildman–Crippen MR) is 106 cm³/mol. The molecule has 29 heavy (non-hydrogen) atoms. The Morgan fingerprint density at radius 3 is 2.45 bits per heavy atom. The molecular weight excluding hydrogens is 372 g/mol. The van der Waals surface area contributed by atoms with Crippen molar-refractivity contribution in [2.75, 3.05) is 6.61 Å².